The summed E-state index contributed by atoms with van der Waals surface area (Å²) in [7, 11) is 3.15. The normalized spacial score (nSPS) is 15.4. The molecular weight excluding hydrogens is 270 g/mol. The molecule has 1 aliphatic carbocycles. The summed E-state index contributed by atoms with van der Waals surface area (Å²) in [5, 5.41) is 12.0. The largest absolute Gasteiger partial charge is 0.496 e. The van der Waals surface area contributed by atoms with Crippen LogP contribution in [0.2, 0.25) is 0 Å². The second kappa shape index (κ2) is 6.35. The first-order chi connectivity index (χ1) is 10.0. The van der Waals surface area contributed by atoms with Gasteiger partial charge in [-0.05, 0) is 43.7 Å². The predicted octanol–water partition coefficient (Wildman–Crippen LogP) is 1.90. The number of aliphatic hydroxyl groups is 1. The molecule has 0 radical (unpaired) electrons. The maximum Gasteiger partial charge on any atom is 0.251 e. The molecule has 1 amide bonds. The number of carbonyl (C=O) groups is 1. The lowest BCUT2D eigenvalue weighted by molar-refractivity contribution is 0.0940. The highest BCUT2D eigenvalue weighted by Crippen LogP contribution is 2.47. The monoisotopic (exact) mass is 293 g/mol. The molecule has 1 aromatic rings. The molecule has 21 heavy (non-hydrogen) atoms. The minimum Gasteiger partial charge on any atom is -0.496 e. The molecule has 0 bridgehead atoms. The van der Waals surface area contributed by atoms with Crippen LogP contribution < -0.4 is 14.8 Å². The lowest BCUT2D eigenvalue weighted by atomic mass is 10.0. The van der Waals surface area contributed by atoms with Gasteiger partial charge in [0.25, 0.3) is 5.91 Å². The number of hydrogen-bond donors (Lipinski definition) is 2. The molecular formula is C16H23NO4. The molecule has 1 fully saturated rings. The molecule has 0 heterocycles. The quantitative estimate of drug-likeness (QED) is 0.806. The first kappa shape index (κ1) is 15.6. The van der Waals surface area contributed by atoms with Gasteiger partial charge in [0.1, 0.15) is 11.5 Å². The summed E-state index contributed by atoms with van der Waals surface area (Å²) < 4.78 is 10.6. The van der Waals surface area contributed by atoms with E-state index < -0.39 is 0 Å². The minimum atomic E-state index is -0.143. The van der Waals surface area contributed by atoms with E-state index in [1.165, 1.54) is 0 Å². The fourth-order valence-corrected chi connectivity index (χ4v) is 2.52. The van der Waals surface area contributed by atoms with E-state index in [-0.39, 0.29) is 17.9 Å². The molecule has 2 N–H and O–H groups in total. The highest BCUT2D eigenvalue weighted by Gasteiger charge is 2.41. The molecule has 2 rings (SSSR count). The third-order valence-electron chi connectivity index (χ3n) is 4.24. The second-order valence-corrected chi connectivity index (χ2v) is 5.66. The lowest BCUT2D eigenvalue weighted by Crippen LogP contribution is -2.30. The Bertz CT molecular complexity index is 498. The van der Waals surface area contributed by atoms with Crippen LogP contribution >= 0.6 is 0 Å². The van der Waals surface area contributed by atoms with Crippen molar-refractivity contribution in [3.8, 4) is 11.5 Å². The Morgan fingerprint density at radius 1 is 1.29 bits per heavy atom. The van der Waals surface area contributed by atoms with Gasteiger partial charge in [0.05, 0.1) is 14.2 Å². The maximum absolute atomic E-state index is 12.3. The molecule has 5 nitrogen and oxygen atoms in total. The second-order valence-electron chi connectivity index (χ2n) is 5.66. The van der Waals surface area contributed by atoms with Crippen LogP contribution in [0.1, 0.15) is 35.2 Å². The van der Waals surface area contributed by atoms with Crippen LogP contribution in [0.5, 0.6) is 11.5 Å². The van der Waals surface area contributed by atoms with Gasteiger partial charge in [0, 0.05) is 24.3 Å². The van der Waals surface area contributed by atoms with E-state index in [4.69, 9.17) is 14.6 Å². The molecule has 0 spiro atoms. The molecule has 0 atom stereocenters. The first-order valence-corrected chi connectivity index (χ1v) is 7.17. The topological polar surface area (TPSA) is 67.8 Å². The standard InChI is InChI=1S/C16H23NO4/c1-11-13(20-2)8-12(9-14(11)21-3)15(19)17-10-16(4-5-16)6-7-18/h8-9,18H,4-7,10H2,1-3H3,(H,17,19). The Balaban J connectivity index is 2.08. The van der Waals surface area contributed by atoms with Crippen LogP contribution in [0.15, 0.2) is 12.1 Å². The third kappa shape index (κ3) is 3.47. The van der Waals surface area contributed by atoms with Crippen molar-refractivity contribution in [1.29, 1.82) is 0 Å². The van der Waals surface area contributed by atoms with Gasteiger partial charge >= 0.3 is 0 Å². The van der Waals surface area contributed by atoms with E-state index in [1.807, 2.05) is 6.92 Å². The summed E-state index contributed by atoms with van der Waals surface area (Å²) in [5.74, 6) is 1.13. The zero-order valence-electron chi connectivity index (χ0n) is 12.9. The van der Waals surface area contributed by atoms with Crippen molar-refractivity contribution in [2.24, 2.45) is 5.41 Å². The molecule has 5 heteroatoms. The smallest absolute Gasteiger partial charge is 0.251 e. The fourth-order valence-electron chi connectivity index (χ4n) is 2.52. The van der Waals surface area contributed by atoms with Gasteiger partial charge < -0.3 is 19.9 Å². The van der Waals surface area contributed by atoms with Crippen molar-refractivity contribution in [2.75, 3.05) is 27.4 Å². The summed E-state index contributed by atoms with van der Waals surface area (Å²) in [6.07, 6.45) is 2.87. The van der Waals surface area contributed by atoms with Gasteiger partial charge in [-0.15, -0.1) is 0 Å². The Morgan fingerprint density at radius 2 is 1.86 bits per heavy atom. The van der Waals surface area contributed by atoms with Crippen molar-refractivity contribution in [1.82, 2.24) is 5.32 Å². The average molecular weight is 293 g/mol. The van der Waals surface area contributed by atoms with Crippen LogP contribution in [0.4, 0.5) is 0 Å². The van der Waals surface area contributed by atoms with Gasteiger partial charge in [-0.1, -0.05) is 0 Å². The van der Waals surface area contributed by atoms with Gasteiger partial charge in [0.2, 0.25) is 0 Å². The van der Waals surface area contributed by atoms with Crippen molar-refractivity contribution in [3.05, 3.63) is 23.3 Å². The highest BCUT2D eigenvalue weighted by molar-refractivity contribution is 5.95. The predicted molar refractivity (Wildman–Crippen MR) is 80.0 cm³/mol. The Hall–Kier alpha value is -1.75. The number of carbonyl (C=O) groups excluding carboxylic acids is 1. The number of hydrogen-bond acceptors (Lipinski definition) is 4. The van der Waals surface area contributed by atoms with Crippen LogP contribution in [0.3, 0.4) is 0 Å². The van der Waals surface area contributed by atoms with Gasteiger partial charge in [-0.25, -0.2) is 0 Å². The number of methoxy groups -OCH3 is 2. The van der Waals surface area contributed by atoms with Crippen molar-refractivity contribution in [2.45, 2.75) is 26.2 Å². The SMILES string of the molecule is COc1cc(C(=O)NCC2(CCO)CC2)cc(OC)c1C. The number of ether oxygens (including phenoxy) is 2. The van der Waals surface area contributed by atoms with Gasteiger partial charge in [0.15, 0.2) is 0 Å². The first-order valence-electron chi connectivity index (χ1n) is 7.17. The van der Waals surface area contributed by atoms with Gasteiger partial charge in [-0.3, -0.25) is 4.79 Å². The molecule has 0 saturated heterocycles. The summed E-state index contributed by atoms with van der Waals surface area (Å²) >= 11 is 0. The minimum absolute atomic E-state index is 0.100. The van der Waals surface area contributed by atoms with Crippen LogP contribution in [-0.4, -0.2) is 38.4 Å². The Kier molecular flexibility index (Phi) is 4.73. The summed E-state index contributed by atoms with van der Waals surface area (Å²) in [4.78, 5) is 12.3. The molecule has 1 aliphatic rings. The summed E-state index contributed by atoms with van der Waals surface area (Å²) in [6, 6.07) is 3.44. The van der Waals surface area contributed by atoms with Crippen molar-refractivity contribution in [3.63, 3.8) is 0 Å². The highest BCUT2D eigenvalue weighted by atomic mass is 16.5. The molecule has 0 aromatic heterocycles. The Labute approximate surface area is 125 Å². The van der Waals surface area contributed by atoms with E-state index in [0.29, 0.717) is 23.6 Å². The number of aliphatic hydroxyl groups excluding tert-OH is 1. The van der Waals surface area contributed by atoms with E-state index in [2.05, 4.69) is 5.32 Å². The van der Waals surface area contributed by atoms with Crippen LogP contribution in [-0.2, 0) is 0 Å². The molecule has 0 aliphatic heterocycles. The fraction of sp³-hybridized carbons (Fsp3) is 0.562. The molecule has 1 saturated carbocycles. The van der Waals surface area contributed by atoms with E-state index >= 15 is 0 Å². The summed E-state index contributed by atoms with van der Waals surface area (Å²) in [5.41, 5.74) is 1.49. The average Bonchev–Trinajstić information content (AvgIpc) is 3.25. The molecule has 116 valence electrons. The zero-order chi connectivity index (χ0) is 15.5. The van der Waals surface area contributed by atoms with E-state index in [9.17, 15) is 4.79 Å². The molecule has 1 aromatic carbocycles. The van der Waals surface area contributed by atoms with Crippen molar-refractivity contribution < 1.29 is 19.4 Å². The van der Waals surface area contributed by atoms with Gasteiger partial charge in [-0.2, -0.15) is 0 Å². The van der Waals surface area contributed by atoms with Crippen molar-refractivity contribution >= 4 is 5.91 Å². The maximum atomic E-state index is 12.3. The number of rotatable bonds is 7. The summed E-state index contributed by atoms with van der Waals surface area (Å²) in [6.45, 7) is 2.66. The number of amides is 1. The zero-order valence-corrected chi connectivity index (χ0v) is 12.9. The number of nitrogens with one attached hydrogen (secondary N) is 1. The van der Waals surface area contributed by atoms with E-state index in [1.54, 1.807) is 26.4 Å². The van der Waals surface area contributed by atoms with Crippen LogP contribution in [0, 0.1) is 12.3 Å². The number of benzene rings is 1. The Morgan fingerprint density at radius 3 is 2.29 bits per heavy atom. The third-order valence-corrected chi connectivity index (χ3v) is 4.24. The lowest BCUT2D eigenvalue weighted by Gasteiger charge is -2.16. The van der Waals surface area contributed by atoms with E-state index in [0.717, 1.165) is 24.8 Å². The molecule has 0 unspecified atom stereocenters. The van der Waals surface area contributed by atoms with Crippen LogP contribution in [0.25, 0.3) is 0 Å².